The molecule has 0 aliphatic rings. The molecule has 0 fully saturated rings. The number of aromatic amines is 1. The number of aryl methyl sites for hydroxylation is 1. The van der Waals surface area contributed by atoms with Crippen molar-refractivity contribution in [2.45, 2.75) is 32.2 Å². The highest BCUT2D eigenvalue weighted by molar-refractivity contribution is 5.87. The van der Waals surface area contributed by atoms with Crippen molar-refractivity contribution < 1.29 is 9.90 Å². The van der Waals surface area contributed by atoms with E-state index in [2.05, 4.69) is 15.3 Å². The van der Waals surface area contributed by atoms with Gasteiger partial charge in [-0.2, -0.15) is 4.98 Å². The van der Waals surface area contributed by atoms with E-state index in [0.29, 0.717) is 24.3 Å². The highest BCUT2D eigenvalue weighted by atomic mass is 16.4. The van der Waals surface area contributed by atoms with Crippen LogP contribution >= 0.6 is 0 Å². The van der Waals surface area contributed by atoms with Crippen LogP contribution in [0, 0.1) is 0 Å². The summed E-state index contributed by atoms with van der Waals surface area (Å²) in [5.41, 5.74) is 8.52. The first-order valence-electron chi connectivity index (χ1n) is 9.51. The van der Waals surface area contributed by atoms with Gasteiger partial charge < -0.3 is 16.2 Å². The average molecular weight is 392 g/mol. The highest BCUT2D eigenvalue weighted by Crippen LogP contribution is 2.15. The minimum absolute atomic E-state index is 0.0906. The Morgan fingerprint density at radius 3 is 2.38 bits per heavy atom. The lowest BCUT2D eigenvalue weighted by molar-refractivity contribution is 0.0697. The summed E-state index contributed by atoms with van der Waals surface area (Å²) in [4.78, 5) is 30.1. The molecule has 3 aromatic rings. The fourth-order valence-corrected chi connectivity index (χ4v) is 3.12. The molecule has 0 aliphatic heterocycles. The lowest BCUT2D eigenvalue weighted by Gasteiger charge is -2.11. The number of nitrogens with zero attached hydrogens (tertiary/aromatic N) is 1. The molecule has 1 aromatic heterocycles. The van der Waals surface area contributed by atoms with E-state index in [-0.39, 0.29) is 17.1 Å². The van der Waals surface area contributed by atoms with E-state index in [9.17, 15) is 9.59 Å². The monoisotopic (exact) mass is 392 g/mol. The standard InChI is InChI=1S/C22H24N4O3/c23-22-25-19(24-14-16-7-2-1-3-8-16)18(20(27)26-22)9-5-4-6-15-10-12-17(13-11-15)21(28)29/h1-3,7-8,10-13H,4-6,9,14H2,(H,28,29)(H4,23,24,25,26,27). The molecule has 3 rings (SSSR count). The van der Waals surface area contributed by atoms with Gasteiger partial charge in [-0.05, 0) is 48.9 Å². The molecule has 0 atom stereocenters. The van der Waals surface area contributed by atoms with Gasteiger partial charge in [0.1, 0.15) is 5.82 Å². The third-order valence-electron chi connectivity index (χ3n) is 4.68. The quantitative estimate of drug-likeness (QED) is 0.415. The number of rotatable bonds is 9. The number of nitrogen functional groups attached to an aromatic ring is 1. The molecule has 1 heterocycles. The van der Waals surface area contributed by atoms with E-state index in [1.165, 1.54) is 0 Å². The summed E-state index contributed by atoms with van der Waals surface area (Å²) in [6.45, 7) is 0.555. The Hall–Kier alpha value is -3.61. The van der Waals surface area contributed by atoms with Gasteiger partial charge in [0.25, 0.3) is 5.56 Å². The van der Waals surface area contributed by atoms with Crippen molar-refractivity contribution in [2.24, 2.45) is 0 Å². The van der Waals surface area contributed by atoms with Crippen molar-refractivity contribution in [2.75, 3.05) is 11.1 Å². The van der Waals surface area contributed by atoms with Gasteiger partial charge in [-0.25, -0.2) is 4.79 Å². The van der Waals surface area contributed by atoms with Crippen LogP contribution in [0.25, 0.3) is 0 Å². The van der Waals surface area contributed by atoms with Crippen molar-refractivity contribution in [3.05, 3.63) is 87.2 Å². The summed E-state index contributed by atoms with van der Waals surface area (Å²) < 4.78 is 0. The van der Waals surface area contributed by atoms with Crippen molar-refractivity contribution in [1.29, 1.82) is 0 Å². The van der Waals surface area contributed by atoms with Crippen LogP contribution in [0.1, 0.15) is 39.9 Å². The topological polar surface area (TPSA) is 121 Å². The first-order chi connectivity index (χ1) is 14.0. The number of carboxylic acid groups (broad SMARTS) is 1. The minimum Gasteiger partial charge on any atom is -0.478 e. The van der Waals surface area contributed by atoms with E-state index in [0.717, 1.165) is 30.4 Å². The Morgan fingerprint density at radius 1 is 1.00 bits per heavy atom. The van der Waals surface area contributed by atoms with Crippen molar-refractivity contribution in [3.63, 3.8) is 0 Å². The maximum atomic E-state index is 12.4. The molecule has 150 valence electrons. The molecule has 0 radical (unpaired) electrons. The fraction of sp³-hybridized carbons (Fsp3) is 0.227. The number of hydrogen-bond acceptors (Lipinski definition) is 5. The van der Waals surface area contributed by atoms with Crippen LogP contribution < -0.4 is 16.6 Å². The number of H-pyrrole nitrogens is 1. The number of carbonyl (C=O) groups is 1. The van der Waals surface area contributed by atoms with Crippen LogP contribution in [0.15, 0.2) is 59.4 Å². The van der Waals surface area contributed by atoms with Gasteiger partial charge in [0.15, 0.2) is 0 Å². The predicted octanol–water partition coefficient (Wildman–Crippen LogP) is 3.23. The molecule has 0 bridgehead atoms. The van der Waals surface area contributed by atoms with E-state index in [1.807, 2.05) is 42.5 Å². The van der Waals surface area contributed by atoms with Crippen LogP contribution in [0.4, 0.5) is 11.8 Å². The average Bonchev–Trinajstić information content (AvgIpc) is 2.72. The molecule has 0 saturated heterocycles. The molecule has 29 heavy (non-hydrogen) atoms. The summed E-state index contributed by atoms with van der Waals surface area (Å²) in [5, 5.41) is 12.2. The van der Waals surface area contributed by atoms with Gasteiger partial charge in [-0.15, -0.1) is 0 Å². The molecular weight excluding hydrogens is 368 g/mol. The summed E-state index contributed by atoms with van der Waals surface area (Å²) in [7, 11) is 0. The zero-order valence-electron chi connectivity index (χ0n) is 16.0. The molecule has 0 amide bonds. The van der Waals surface area contributed by atoms with Gasteiger partial charge >= 0.3 is 5.97 Å². The highest BCUT2D eigenvalue weighted by Gasteiger charge is 2.11. The maximum Gasteiger partial charge on any atom is 0.335 e. The number of unbranched alkanes of at least 4 members (excludes halogenated alkanes) is 1. The Bertz CT molecular complexity index is 1010. The van der Waals surface area contributed by atoms with Crippen LogP contribution in [-0.4, -0.2) is 21.0 Å². The third-order valence-corrected chi connectivity index (χ3v) is 4.68. The Kier molecular flexibility index (Phi) is 6.63. The van der Waals surface area contributed by atoms with Gasteiger partial charge in [-0.3, -0.25) is 9.78 Å². The Balaban J connectivity index is 1.59. The third kappa shape index (κ3) is 5.68. The normalized spacial score (nSPS) is 10.6. The van der Waals surface area contributed by atoms with E-state index in [1.54, 1.807) is 12.1 Å². The number of nitrogens with one attached hydrogen (secondary N) is 2. The van der Waals surface area contributed by atoms with Crippen LogP contribution in [-0.2, 0) is 19.4 Å². The molecule has 7 nitrogen and oxygen atoms in total. The fourth-order valence-electron chi connectivity index (χ4n) is 3.12. The largest absolute Gasteiger partial charge is 0.478 e. The summed E-state index contributed by atoms with van der Waals surface area (Å²) >= 11 is 0. The number of hydrogen-bond donors (Lipinski definition) is 4. The lowest BCUT2D eigenvalue weighted by Crippen LogP contribution is -2.20. The van der Waals surface area contributed by atoms with Crippen LogP contribution in [0.2, 0.25) is 0 Å². The molecule has 0 spiro atoms. The minimum atomic E-state index is -0.929. The molecule has 0 saturated carbocycles. The number of nitrogens with two attached hydrogens (primary N) is 1. The van der Waals surface area contributed by atoms with E-state index in [4.69, 9.17) is 10.8 Å². The number of aromatic nitrogens is 2. The summed E-state index contributed by atoms with van der Waals surface area (Å²) in [5.74, 6) is -0.323. The summed E-state index contributed by atoms with van der Waals surface area (Å²) in [6, 6.07) is 16.7. The number of aromatic carboxylic acids is 1. The van der Waals surface area contributed by atoms with Gasteiger partial charge in [-0.1, -0.05) is 42.5 Å². The van der Waals surface area contributed by atoms with Crippen molar-refractivity contribution >= 4 is 17.7 Å². The second-order valence-corrected chi connectivity index (χ2v) is 6.83. The molecule has 7 heteroatoms. The zero-order chi connectivity index (χ0) is 20.6. The molecular formula is C22H24N4O3. The Morgan fingerprint density at radius 2 is 1.69 bits per heavy atom. The number of anilines is 2. The van der Waals surface area contributed by atoms with Crippen LogP contribution in [0.5, 0.6) is 0 Å². The predicted molar refractivity (Wildman–Crippen MR) is 113 cm³/mol. The first kappa shape index (κ1) is 20.1. The van der Waals surface area contributed by atoms with Gasteiger partial charge in [0.05, 0.1) is 11.1 Å². The SMILES string of the molecule is Nc1nc(NCc2ccccc2)c(CCCCc2ccc(C(=O)O)cc2)c(=O)[nH]1. The Labute approximate surface area is 168 Å². The van der Waals surface area contributed by atoms with Crippen molar-refractivity contribution in [3.8, 4) is 0 Å². The smallest absolute Gasteiger partial charge is 0.335 e. The molecule has 0 aliphatic carbocycles. The molecule has 5 N–H and O–H groups in total. The number of carboxylic acids is 1. The van der Waals surface area contributed by atoms with E-state index < -0.39 is 5.97 Å². The lowest BCUT2D eigenvalue weighted by atomic mass is 10.0. The first-order valence-corrected chi connectivity index (χ1v) is 9.51. The van der Waals surface area contributed by atoms with Crippen molar-refractivity contribution in [1.82, 2.24) is 9.97 Å². The van der Waals surface area contributed by atoms with Gasteiger partial charge in [0.2, 0.25) is 5.95 Å². The van der Waals surface area contributed by atoms with Gasteiger partial charge in [0, 0.05) is 6.54 Å². The molecule has 2 aromatic carbocycles. The zero-order valence-corrected chi connectivity index (χ0v) is 16.0. The van der Waals surface area contributed by atoms with Crippen LogP contribution in [0.3, 0.4) is 0 Å². The van der Waals surface area contributed by atoms with E-state index >= 15 is 0 Å². The second kappa shape index (κ2) is 9.54. The maximum absolute atomic E-state index is 12.4. The summed E-state index contributed by atoms with van der Waals surface area (Å²) in [6.07, 6.45) is 3.06. The second-order valence-electron chi connectivity index (χ2n) is 6.83. The molecule has 0 unspecified atom stereocenters. The number of benzene rings is 2.